The maximum atomic E-state index is 9.88. The zero-order chi connectivity index (χ0) is 16.5. The molecule has 1 heterocycles. The van der Waals surface area contributed by atoms with Crippen molar-refractivity contribution in [3.05, 3.63) is 63.6 Å². The molecular formula is C20H20BrNO2. The third kappa shape index (κ3) is 3.08. The minimum absolute atomic E-state index is 0.272. The Balaban J connectivity index is 1.64. The molecule has 2 aromatic rings. The van der Waals surface area contributed by atoms with E-state index < -0.39 is 0 Å². The van der Waals surface area contributed by atoms with E-state index in [2.05, 4.69) is 33.4 Å². The zero-order valence-corrected chi connectivity index (χ0v) is 15.0. The Bertz CT molecular complexity index is 777. The van der Waals surface area contributed by atoms with Crippen LogP contribution in [0.4, 0.5) is 0 Å². The number of nitrogens with one attached hydrogen (secondary N) is 1. The SMILES string of the molecule is Oc1ccc2c(c1)C(c1ccc(O[C@H]3CCNC3)cc1)=C(Br)CC2. The van der Waals surface area contributed by atoms with Gasteiger partial charge in [-0.3, -0.25) is 0 Å². The summed E-state index contributed by atoms with van der Waals surface area (Å²) in [5.41, 5.74) is 4.71. The third-order valence-electron chi connectivity index (χ3n) is 4.71. The van der Waals surface area contributed by atoms with E-state index in [0.29, 0.717) is 5.75 Å². The highest BCUT2D eigenvalue weighted by molar-refractivity contribution is 9.11. The van der Waals surface area contributed by atoms with Gasteiger partial charge in [0.05, 0.1) is 0 Å². The topological polar surface area (TPSA) is 41.5 Å². The summed E-state index contributed by atoms with van der Waals surface area (Å²) in [4.78, 5) is 0. The molecule has 1 saturated heterocycles. The van der Waals surface area contributed by atoms with Crippen LogP contribution in [-0.4, -0.2) is 24.3 Å². The van der Waals surface area contributed by atoms with E-state index >= 15 is 0 Å². The Morgan fingerprint density at radius 1 is 1.08 bits per heavy atom. The maximum absolute atomic E-state index is 9.88. The second-order valence-electron chi connectivity index (χ2n) is 6.38. The van der Waals surface area contributed by atoms with Gasteiger partial charge in [-0.1, -0.05) is 34.1 Å². The number of ether oxygens (including phenoxy) is 1. The van der Waals surface area contributed by atoms with Crippen LogP contribution in [0.15, 0.2) is 46.9 Å². The van der Waals surface area contributed by atoms with Crippen molar-refractivity contribution in [1.82, 2.24) is 5.32 Å². The number of hydrogen-bond acceptors (Lipinski definition) is 3. The van der Waals surface area contributed by atoms with Gasteiger partial charge in [0.25, 0.3) is 0 Å². The molecule has 1 aliphatic heterocycles. The zero-order valence-electron chi connectivity index (χ0n) is 13.4. The molecule has 3 nitrogen and oxygen atoms in total. The molecule has 124 valence electrons. The van der Waals surface area contributed by atoms with E-state index in [4.69, 9.17) is 4.74 Å². The van der Waals surface area contributed by atoms with Gasteiger partial charge in [-0.25, -0.2) is 0 Å². The van der Waals surface area contributed by atoms with Crippen molar-refractivity contribution in [2.45, 2.75) is 25.4 Å². The lowest BCUT2D eigenvalue weighted by Crippen LogP contribution is -2.19. The molecule has 1 aliphatic carbocycles. The monoisotopic (exact) mass is 385 g/mol. The fourth-order valence-corrected chi connectivity index (χ4v) is 4.10. The molecule has 1 atom stereocenters. The maximum Gasteiger partial charge on any atom is 0.119 e. The van der Waals surface area contributed by atoms with Crippen LogP contribution in [0.2, 0.25) is 0 Å². The van der Waals surface area contributed by atoms with E-state index in [9.17, 15) is 5.11 Å². The summed E-state index contributed by atoms with van der Waals surface area (Å²) in [5.74, 6) is 1.22. The molecule has 2 aliphatic rings. The van der Waals surface area contributed by atoms with Gasteiger partial charge in [0.2, 0.25) is 0 Å². The van der Waals surface area contributed by atoms with Crippen LogP contribution in [0.25, 0.3) is 5.57 Å². The number of aromatic hydroxyl groups is 1. The highest BCUT2D eigenvalue weighted by atomic mass is 79.9. The second-order valence-corrected chi connectivity index (χ2v) is 7.34. The molecule has 0 unspecified atom stereocenters. The quantitative estimate of drug-likeness (QED) is 0.830. The van der Waals surface area contributed by atoms with Crippen LogP contribution >= 0.6 is 15.9 Å². The number of benzene rings is 2. The molecule has 0 amide bonds. The number of halogens is 1. The highest BCUT2D eigenvalue weighted by Gasteiger charge is 2.20. The normalized spacial score (nSPS) is 20.1. The summed E-state index contributed by atoms with van der Waals surface area (Å²) in [6, 6.07) is 13.9. The Morgan fingerprint density at radius 3 is 2.67 bits per heavy atom. The van der Waals surface area contributed by atoms with Gasteiger partial charge in [-0.15, -0.1) is 0 Å². The van der Waals surface area contributed by atoms with Gasteiger partial charge in [-0.2, -0.15) is 0 Å². The molecule has 4 rings (SSSR count). The lowest BCUT2D eigenvalue weighted by Gasteiger charge is -2.21. The Hall–Kier alpha value is -1.78. The molecule has 0 aromatic heterocycles. The summed E-state index contributed by atoms with van der Waals surface area (Å²) in [5, 5.41) is 13.2. The molecule has 0 saturated carbocycles. The standard InChI is InChI=1S/C20H20BrNO2/c21-19-8-4-13-1-5-15(23)11-18(13)20(19)14-2-6-16(7-3-14)24-17-9-10-22-12-17/h1-3,5-7,11,17,22-23H,4,8-10,12H2/t17-/m0/s1. The van der Waals surface area contributed by atoms with Gasteiger partial charge in [-0.05, 0) is 72.3 Å². The number of allylic oxidation sites excluding steroid dienone is 1. The van der Waals surface area contributed by atoms with E-state index in [-0.39, 0.29) is 6.10 Å². The molecule has 0 spiro atoms. The van der Waals surface area contributed by atoms with Crippen molar-refractivity contribution in [2.24, 2.45) is 0 Å². The summed E-state index contributed by atoms with van der Waals surface area (Å²) in [6.07, 6.45) is 3.31. The van der Waals surface area contributed by atoms with Gasteiger partial charge in [0.15, 0.2) is 0 Å². The Morgan fingerprint density at radius 2 is 1.92 bits per heavy atom. The van der Waals surface area contributed by atoms with E-state index in [1.807, 2.05) is 24.3 Å². The van der Waals surface area contributed by atoms with Crippen LogP contribution in [0.1, 0.15) is 29.5 Å². The summed E-state index contributed by atoms with van der Waals surface area (Å²) in [6.45, 7) is 1.95. The van der Waals surface area contributed by atoms with Crippen molar-refractivity contribution in [3.8, 4) is 11.5 Å². The lowest BCUT2D eigenvalue weighted by atomic mass is 9.87. The van der Waals surface area contributed by atoms with Crippen LogP contribution in [-0.2, 0) is 6.42 Å². The van der Waals surface area contributed by atoms with E-state index in [0.717, 1.165) is 49.2 Å². The van der Waals surface area contributed by atoms with Gasteiger partial charge >= 0.3 is 0 Å². The van der Waals surface area contributed by atoms with Gasteiger partial charge in [0, 0.05) is 11.0 Å². The number of phenols is 1. The van der Waals surface area contributed by atoms with Crippen LogP contribution in [0.3, 0.4) is 0 Å². The first kappa shape index (κ1) is 15.7. The van der Waals surface area contributed by atoms with Crippen molar-refractivity contribution in [1.29, 1.82) is 0 Å². The van der Waals surface area contributed by atoms with Crippen molar-refractivity contribution in [2.75, 3.05) is 13.1 Å². The number of aryl methyl sites for hydroxylation is 1. The number of rotatable bonds is 3. The van der Waals surface area contributed by atoms with Crippen LogP contribution in [0.5, 0.6) is 11.5 Å². The first-order chi connectivity index (χ1) is 11.7. The van der Waals surface area contributed by atoms with Crippen molar-refractivity contribution in [3.63, 3.8) is 0 Å². The number of hydrogen-bond donors (Lipinski definition) is 2. The molecule has 2 aromatic carbocycles. The molecule has 0 bridgehead atoms. The average molecular weight is 386 g/mol. The summed E-state index contributed by atoms with van der Waals surface area (Å²) < 4.78 is 7.19. The Labute approximate surface area is 150 Å². The minimum atomic E-state index is 0.272. The van der Waals surface area contributed by atoms with Crippen LogP contribution < -0.4 is 10.1 Å². The summed E-state index contributed by atoms with van der Waals surface area (Å²) >= 11 is 3.73. The van der Waals surface area contributed by atoms with Crippen molar-refractivity contribution >= 4 is 21.5 Å². The highest BCUT2D eigenvalue weighted by Crippen LogP contribution is 2.40. The minimum Gasteiger partial charge on any atom is -0.508 e. The molecule has 4 heteroatoms. The molecule has 0 radical (unpaired) electrons. The summed E-state index contributed by atoms with van der Waals surface area (Å²) in [7, 11) is 0. The van der Waals surface area contributed by atoms with Crippen LogP contribution in [0, 0.1) is 0 Å². The average Bonchev–Trinajstić information content (AvgIpc) is 3.09. The number of phenolic OH excluding ortho intramolecular Hbond substituents is 1. The molecule has 1 fully saturated rings. The molecular weight excluding hydrogens is 366 g/mol. The molecule has 2 N–H and O–H groups in total. The van der Waals surface area contributed by atoms with Gasteiger partial charge in [0.1, 0.15) is 17.6 Å². The predicted octanol–water partition coefficient (Wildman–Crippen LogP) is 4.23. The smallest absolute Gasteiger partial charge is 0.119 e. The predicted molar refractivity (Wildman–Crippen MR) is 99.7 cm³/mol. The van der Waals surface area contributed by atoms with E-state index in [1.165, 1.54) is 15.6 Å². The first-order valence-electron chi connectivity index (χ1n) is 8.39. The fourth-order valence-electron chi connectivity index (χ4n) is 3.46. The Kier molecular flexibility index (Phi) is 4.33. The van der Waals surface area contributed by atoms with Gasteiger partial charge < -0.3 is 15.2 Å². The number of fused-ring (bicyclic) bond motifs is 1. The second kappa shape index (κ2) is 6.61. The fraction of sp³-hybridized carbons (Fsp3) is 0.300. The molecule has 24 heavy (non-hydrogen) atoms. The first-order valence-corrected chi connectivity index (χ1v) is 9.19. The van der Waals surface area contributed by atoms with Crippen molar-refractivity contribution < 1.29 is 9.84 Å². The largest absolute Gasteiger partial charge is 0.508 e. The lowest BCUT2D eigenvalue weighted by molar-refractivity contribution is 0.223. The third-order valence-corrected chi connectivity index (χ3v) is 5.50. The van der Waals surface area contributed by atoms with E-state index in [1.54, 1.807) is 6.07 Å².